The highest BCUT2D eigenvalue weighted by Gasteiger charge is 1.87. The number of rotatable bonds is 7. The van der Waals surface area contributed by atoms with Crippen molar-refractivity contribution in [3.63, 3.8) is 0 Å². The molecule has 0 unspecified atom stereocenters. The highest BCUT2D eigenvalue weighted by atomic mass is 35.5. The van der Waals surface area contributed by atoms with Crippen LogP contribution < -0.4 is 0 Å². The van der Waals surface area contributed by atoms with Crippen LogP contribution in [-0.2, 0) is 0 Å². The molecule has 0 nitrogen and oxygen atoms in total. The second-order valence-corrected chi connectivity index (χ2v) is 4.08. The summed E-state index contributed by atoms with van der Waals surface area (Å²) >= 11 is 5.61. The van der Waals surface area contributed by atoms with Crippen LogP contribution >= 0.6 is 11.6 Å². The smallest absolute Gasteiger partial charge is 0.0223 e. The van der Waals surface area contributed by atoms with Gasteiger partial charge in [0, 0.05) is 5.88 Å². The molecule has 0 saturated carbocycles. The fourth-order valence-electron chi connectivity index (χ4n) is 1.49. The summed E-state index contributed by atoms with van der Waals surface area (Å²) in [6.45, 7) is 0. The Kier molecular flexibility index (Phi) is 7.02. The Morgan fingerprint density at radius 1 is 0.933 bits per heavy atom. The highest BCUT2D eigenvalue weighted by molar-refractivity contribution is 6.17. The minimum atomic E-state index is 0.805. The third-order valence-electron chi connectivity index (χ3n) is 2.36. The van der Waals surface area contributed by atoms with E-state index in [2.05, 4.69) is 36.4 Å². The first-order valence-corrected chi connectivity index (χ1v) is 6.24. The SMILES string of the molecule is ClCCCCCC/C=C/c1ccccc1. The van der Waals surface area contributed by atoms with Crippen molar-refractivity contribution in [2.24, 2.45) is 0 Å². The van der Waals surface area contributed by atoms with Gasteiger partial charge in [-0.15, -0.1) is 11.6 Å². The number of allylic oxidation sites excluding steroid dienone is 1. The summed E-state index contributed by atoms with van der Waals surface area (Å²) in [6, 6.07) is 10.4. The maximum absolute atomic E-state index is 5.61. The van der Waals surface area contributed by atoms with E-state index in [9.17, 15) is 0 Å². The van der Waals surface area contributed by atoms with Gasteiger partial charge in [0.1, 0.15) is 0 Å². The molecule has 1 heteroatoms. The van der Waals surface area contributed by atoms with Crippen molar-refractivity contribution in [2.45, 2.75) is 32.1 Å². The molecule has 0 atom stereocenters. The first kappa shape index (κ1) is 12.3. The molecule has 0 heterocycles. The van der Waals surface area contributed by atoms with E-state index in [0.29, 0.717) is 0 Å². The lowest BCUT2D eigenvalue weighted by Gasteiger charge is -1.95. The van der Waals surface area contributed by atoms with Crippen molar-refractivity contribution in [1.29, 1.82) is 0 Å². The molecular weight excluding hydrogens is 204 g/mol. The van der Waals surface area contributed by atoms with Crippen molar-refractivity contribution < 1.29 is 0 Å². The monoisotopic (exact) mass is 222 g/mol. The average molecular weight is 223 g/mol. The Balaban J connectivity index is 2.07. The first-order chi connectivity index (χ1) is 7.43. The van der Waals surface area contributed by atoms with Gasteiger partial charge < -0.3 is 0 Å². The summed E-state index contributed by atoms with van der Waals surface area (Å²) in [5.74, 6) is 0.805. The van der Waals surface area contributed by atoms with Gasteiger partial charge in [-0.1, -0.05) is 55.3 Å². The summed E-state index contributed by atoms with van der Waals surface area (Å²) in [4.78, 5) is 0. The maximum Gasteiger partial charge on any atom is 0.0223 e. The van der Waals surface area contributed by atoms with Crippen LogP contribution in [-0.4, -0.2) is 5.88 Å². The minimum absolute atomic E-state index is 0.805. The molecular formula is C14H19Cl. The van der Waals surface area contributed by atoms with Gasteiger partial charge >= 0.3 is 0 Å². The Hall–Kier alpha value is -0.750. The number of alkyl halides is 1. The lowest BCUT2D eigenvalue weighted by molar-refractivity contribution is 0.677. The standard InChI is InChI=1S/C14H19Cl/c15-13-9-4-2-1-3-6-10-14-11-7-5-8-12-14/h5-8,10-12H,1-4,9,13H2/b10-6+. The third-order valence-corrected chi connectivity index (χ3v) is 2.63. The molecule has 0 spiro atoms. The second-order valence-electron chi connectivity index (χ2n) is 3.70. The molecule has 0 aliphatic rings. The number of unbranched alkanes of at least 4 members (excludes halogenated alkanes) is 4. The van der Waals surface area contributed by atoms with Gasteiger partial charge in [-0.25, -0.2) is 0 Å². The van der Waals surface area contributed by atoms with E-state index >= 15 is 0 Å². The fourth-order valence-corrected chi connectivity index (χ4v) is 1.68. The molecule has 0 N–H and O–H groups in total. The van der Waals surface area contributed by atoms with E-state index in [-0.39, 0.29) is 0 Å². The highest BCUT2D eigenvalue weighted by Crippen LogP contribution is 2.07. The number of hydrogen-bond acceptors (Lipinski definition) is 0. The molecule has 0 aliphatic carbocycles. The van der Waals surface area contributed by atoms with E-state index in [1.54, 1.807) is 0 Å². The van der Waals surface area contributed by atoms with Crippen LogP contribution in [0.3, 0.4) is 0 Å². The molecule has 1 aromatic carbocycles. The molecule has 0 bridgehead atoms. The van der Waals surface area contributed by atoms with Gasteiger partial charge in [-0.3, -0.25) is 0 Å². The lowest BCUT2D eigenvalue weighted by Crippen LogP contribution is -1.78. The first-order valence-electron chi connectivity index (χ1n) is 5.71. The molecule has 0 amide bonds. The van der Waals surface area contributed by atoms with Crippen LogP contribution in [0.25, 0.3) is 6.08 Å². The Bertz CT molecular complexity index is 264. The van der Waals surface area contributed by atoms with Gasteiger partial charge in [0.2, 0.25) is 0 Å². The van der Waals surface area contributed by atoms with Crippen LogP contribution in [0.1, 0.15) is 37.7 Å². The largest absolute Gasteiger partial charge is 0.127 e. The molecule has 0 fully saturated rings. The van der Waals surface area contributed by atoms with Crippen LogP contribution in [0.4, 0.5) is 0 Å². The zero-order valence-electron chi connectivity index (χ0n) is 9.16. The van der Waals surface area contributed by atoms with Gasteiger partial charge in [-0.2, -0.15) is 0 Å². The van der Waals surface area contributed by atoms with Crippen molar-refractivity contribution in [3.8, 4) is 0 Å². The topological polar surface area (TPSA) is 0 Å². The number of benzene rings is 1. The third kappa shape index (κ3) is 6.35. The zero-order chi connectivity index (χ0) is 10.8. The van der Waals surface area contributed by atoms with E-state index in [0.717, 1.165) is 12.3 Å². The van der Waals surface area contributed by atoms with Crippen LogP contribution in [0, 0.1) is 0 Å². The summed E-state index contributed by atoms with van der Waals surface area (Å²) < 4.78 is 0. The van der Waals surface area contributed by atoms with Gasteiger partial charge in [0.15, 0.2) is 0 Å². The predicted molar refractivity (Wildman–Crippen MR) is 69.3 cm³/mol. The molecule has 1 rings (SSSR count). The quantitative estimate of drug-likeness (QED) is 0.455. The molecule has 15 heavy (non-hydrogen) atoms. The Morgan fingerprint density at radius 2 is 1.67 bits per heavy atom. The van der Waals surface area contributed by atoms with E-state index in [4.69, 9.17) is 11.6 Å². The van der Waals surface area contributed by atoms with Crippen molar-refractivity contribution in [2.75, 3.05) is 5.88 Å². The van der Waals surface area contributed by atoms with Crippen molar-refractivity contribution >= 4 is 17.7 Å². The molecule has 0 radical (unpaired) electrons. The summed E-state index contributed by atoms with van der Waals surface area (Å²) in [5.41, 5.74) is 1.29. The van der Waals surface area contributed by atoms with Crippen molar-refractivity contribution in [1.82, 2.24) is 0 Å². The summed E-state index contributed by atoms with van der Waals surface area (Å²) in [5, 5.41) is 0. The predicted octanol–water partition coefficient (Wildman–Crippen LogP) is 4.89. The Morgan fingerprint density at radius 3 is 2.40 bits per heavy atom. The van der Waals surface area contributed by atoms with Crippen LogP contribution in [0.5, 0.6) is 0 Å². The summed E-state index contributed by atoms with van der Waals surface area (Å²) in [7, 11) is 0. The lowest BCUT2D eigenvalue weighted by atomic mass is 10.1. The molecule has 0 aliphatic heterocycles. The van der Waals surface area contributed by atoms with Crippen LogP contribution in [0.15, 0.2) is 36.4 Å². The van der Waals surface area contributed by atoms with Gasteiger partial charge in [-0.05, 0) is 24.8 Å². The Labute approximate surface area is 98.0 Å². The normalized spacial score (nSPS) is 11.0. The minimum Gasteiger partial charge on any atom is -0.127 e. The molecule has 0 saturated heterocycles. The molecule has 1 aromatic rings. The van der Waals surface area contributed by atoms with Crippen LogP contribution in [0.2, 0.25) is 0 Å². The van der Waals surface area contributed by atoms with Crippen molar-refractivity contribution in [3.05, 3.63) is 42.0 Å². The molecule has 0 aromatic heterocycles. The fraction of sp³-hybridized carbons (Fsp3) is 0.429. The molecule has 82 valence electrons. The number of halogens is 1. The van der Waals surface area contributed by atoms with E-state index in [1.807, 2.05) is 6.07 Å². The number of hydrogen-bond donors (Lipinski definition) is 0. The van der Waals surface area contributed by atoms with Gasteiger partial charge in [0.25, 0.3) is 0 Å². The maximum atomic E-state index is 5.61. The average Bonchev–Trinajstić information content (AvgIpc) is 2.29. The zero-order valence-corrected chi connectivity index (χ0v) is 9.92. The van der Waals surface area contributed by atoms with Gasteiger partial charge in [0.05, 0.1) is 0 Å². The van der Waals surface area contributed by atoms with E-state index in [1.165, 1.54) is 31.2 Å². The van der Waals surface area contributed by atoms with E-state index < -0.39 is 0 Å². The summed E-state index contributed by atoms with van der Waals surface area (Å²) in [6.07, 6.45) is 10.6. The second kappa shape index (κ2) is 8.55.